The van der Waals surface area contributed by atoms with Gasteiger partial charge in [-0.2, -0.15) is 0 Å². The highest BCUT2D eigenvalue weighted by Gasteiger charge is 2.00. The van der Waals surface area contributed by atoms with Gasteiger partial charge in [-0.05, 0) is 25.5 Å². The Balaban J connectivity index is 2.72. The number of benzene rings is 1. The van der Waals surface area contributed by atoms with E-state index < -0.39 is 5.91 Å². The maximum atomic E-state index is 10.4. The zero-order valence-electron chi connectivity index (χ0n) is 7.83. The molecule has 0 saturated heterocycles. The van der Waals surface area contributed by atoms with Crippen molar-refractivity contribution in [1.82, 2.24) is 0 Å². The lowest BCUT2D eigenvalue weighted by molar-refractivity contribution is -0.119. The summed E-state index contributed by atoms with van der Waals surface area (Å²) in [5.74, 6) is 0.254. The zero-order chi connectivity index (χ0) is 9.84. The Bertz CT molecular complexity index is 321. The zero-order valence-corrected chi connectivity index (χ0v) is 7.83. The maximum absolute atomic E-state index is 10.4. The predicted molar refractivity (Wildman–Crippen MR) is 50.6 cm³/mol. The molecule has 0 aliphatic carbocycles. The molecule has 1 aromatic rings. The Kier molecular flexibility index (Phi) is 2.90. The number of ether oxygens (including phenoxy) is 1. The van der Waals surface area contributed by atoms with Crippen LogP contribution in [0.3, 0.4) is 0 Å². The second-order valence-electron chi connectivity index (χ2n) is 3.02. The van der Waals surface area contributed by atoms with Crippen molar-refractivity contribution in [2.45, 2.75) is 13.8 Å². The van der Waals surface area contributed by atoms with E-state index in [1.165, 1.54) is 5.56 Å². The number of amides is 1. The van der Waals surface area contributed by atoms with Gasteiger partial charge < -0.3 is 10.5 Å². The first-order valence-electron chi connectivity index (χ1n) is 4.08. The summed E-state index contributed by atoms with van der Waals surface area (Å²) in [7, 11) is 0. The van der Waals surface area contributed by atoms with Crippen LogP contribution >= 0.6 is 0 Å². The van der Waals surface area contributed by atoms with Crippen LogP contribution in [-0.2, 0) is 4.79 Å². The van der Waals surface area contributed by atoms with Gasteiger partial charge >= 0.3 is 0 Å². The smallest absolute Gasteiger partial charge is 0.255 e. The summed E-state index contributed by atoms with van der Waals surface area (Å²) in [4.78, 5) is 10.4. The van der Waals surface area contributed by atoms with E-state index in [1.807, 2.05) is 32.0 Å². The third-order valence-corrected chi connectivity index (χ3v) is 1.70. The predicted octanol–water partition coefficient (Wildman–Crippen LogP) is 1.17. The number of hydrogen-bond acceptors (Lipinski definition) is 2. The van der Waals surface area contributed by atoms with E-state index in [2.05, 4.69) is 0 Å². The molecule has 2 N–H and O–H groups in total. The van der Waals surface area contributed by atoms with E-state index in [1.54, 1.807) is 0 Å². The molecule has 0 heterocycles. The third-order valence-electron chi connectivity index (χ3n) is 1.70. The van der Waals surface area contributed by atoms with Crippen molar-refractivity contribution < 1.29 is 9.53 Å². The van der Waals surface area contributed by atoms with Gasteiger partial charge in [0.05, 0.1) is 0 Å². The Hall–Kier alpha value is -1.51. The highest BCUT2D eigenvalue weighted by Crippen LogP contribution is 2.18. The number of primary amides is 1. The fourth-order valence-corrected chi connectivity index (χ4v) is 1.11. The van der Waals surface area contributed by atoms with Crippen LogP contribution in [0.5, 0.6) is 5.75 Å². The van der Waals surface area contributed by atoms with Crippen molar-refractivity contribution in [3.63, 3.8) is 0 Å². The standard InChI is InChI=1S/C10H13NO2/c1-7-3-4-9(8(2)5-7)13-6-10(11)12/h3-5H,6H2,1-2H3,(H2,11,12). The first-order chi connectivity index (χ1) is 6.09. The minimum absolute atomic E-state index is 0.0656. The number of hydrogen-bond donors (Lipinski definition) is 1. The molecule has 3 nitrogen and oxygen atoms in total. The first-order valence-corrected chi connectivity index (χ1v) is 4.08. The average Bonchev–Trinajstić information content (AvgIpc) is 2.02. The summed E-state index contributed by atoms with van der Waals surface area (Å²) in [5.41, 5.74) is 7.14. The lowest BCUT2D eigenvalue weighted by Gasteiger charge is -2.07. The van der Waals surface area contributed by atoms with Crippen molar-refractivity contribution in [2.75, 3.05) is 6.61 Å². The summed E-state index contributed by atoms with van der Waals surface area (Å²) < 4.78 is 5.18. The molecular weight excluding hydrogens is 166 g/mol. The number of carbonyl (C=O) groups excluding carboxylic acids is 1. The second kappa shape index (κ2) is 3.94. The molecule has 0 unspecified atom stereocenters. The summed E-state index contributed by atoms with van der Waals surface area (Å²) >= 11 is 0. The molecule has 0 fully saturated rings. The summed E-state index contributed by atoms with van der Waals surface area (Å²) in [6, 6.07) is 5.77. The van der Waals surface area contributed by atoms with Gasteiger partial charge in [-0.15, -0.1) is 0 Å². The summed E-state index contributed by atoms with van der Waals surface area (Å²) in [6.07, 6.45) is 0. The van der Waals surface area contributed by atoms with Crippen molar-refractivity contribution in [3.05, 3.63) is 29.3 Å². The molecule has 0 aliphatic rings. The normalized spacial score (nSPS) is 9.69. The average molecular weight is 179 g/mol. The quantitative estimate of drug-likeness (QED) is 0.757. The molecule has 0 atom stereocenters. The van der Waals surface area contributed by atoms with Crippen LogP contribution in [0.1, 0.15) is 11.1 Å². The van der Waals surface area contributed by atoms with Gasteiger partial charge in [0.15, 0.2) is 6.61 Å². The molecule has 0 bridgehead atoms. The van der Waals surface area contributed by atoms with E-state index in [4.69, 9.17) is 10.5 Å². The van der Waals surface area contributed by atoms with Crippen LogP contribution in [0, 0.1) is 13.8 Å². The van der Waals surface area contributed by atoms with Gasteiger partial charge in [-0.1, -0.05) is 17.7 Å². The van der Waals surface area contributed by atoms with Crippen LogP contribution in [0.25, 0.3) is 0 Å². The van der Waals surface area contributed by atoms with Crippen molar-refractivity contribution in [3.8, 4) is 5.75 Å². The molecule has 0 saturated carbocycles. The minimum atomic E-state index is -0.458. The van der Waals surface area contributed by atoms with Gasteiger partial charge in [-0.25, -0.2) is 0 Å². The lowest BCUT2D eigenvalue weighted by atomic mass is 10.1. The Morgan fingerprint density at radius 3 is 2.69 bits per heavy atom. The van der Waals surface area contributed by atoms with E-state index in [9.17, 15) is 4.79 Å². The van der Waals surface area contributed by atoms with Crippen molar-refractivity contribution >= 4 is 5.91 Å². The molecule has 13 heavy (non-hydrogen) atoms. The van der Waals surface area contributed by atoms with Gasteiger partial charge in [0, 0.05) is 0 Å². The lowest BCUT2D eigenvalue weighted by Crippen LogP contribution is -2.20. The van der Waals surface area contributed by atoms with E-state index in [0.717, 1.165) is 5.56 Å². The van der Waals surface area contributed by atoms with E-state index in [0.29, 0.717) is 5.75 Å². The first kappa shape index (κ1) is 9.58. The molecule has 1 rings (SSSR count). The highest BCUT2D eigenvalue weighted by atomic mass is 16.5. The van der Waals surface area contributed by atoms with Crippen LogP contribution in [0.15, 0.2) is 18.2 Å². The molecule has 70 valence electrons. The van der Waals surface area contributed by atoms with Gasteiger partial charge in [0.25, 0.3) is 5.91 Å². The highest BCUT2D eigenvalue weighted by molar-refractivity contribution is 5.75. The number of nitrogens with two attached hydrogens (primary N) is 1. The molecule has 0 aromatic heterocycles. The topological polar surface area (TPSA) is 52.3 Å². The van der Waals surface area contributed by atoms with E-state index >= 15 is 0 Å². The van der Waals surface area contributed by atoms with Gasteiger partial charge in [0.2, 0.25) is 0 Å². The largest absolute Gasteiger partial charge is 0.484 e. The van der Waals surface area contributed by atoms with Crippen molar-refractivity contribution in [1.29, 1.82) is 0 Å². The Labute approximate surface area is 77.5 Å². The molecule has 1 aromatic carbocycles. The number of carbonyl (C=O) groups is 1. The maximum Gasteiger partial charge on any atom is 0.255 e. The monoisotopic (exact) mass is 179 g/mol. The molecular formula is C10H13NO2. The van der Waals surface area contributed by atoms with Gasteiger partial charge in [-0.3, -0.25) is 4.79 Å². The van der Waals surface area contributed by atoms with Crippen LogP contribution in [0.4, 0.5) is 0 Å². The summed E-state index contributed by atoms with van der Waals surface area (Å²) in [5, 5.41) is 0. The fourth-order valence-electron chi connectivity index (χ4n) is 1.11. The molecule has 0 radical (unpaired) electrons. The Morgan fingerprint density at radius 1 is 1.46 bits per heavy atom. The number of rotatable bonds is 3. The second-order valence-corrected chi connectivity index (χ2v) is 3.02. The molecule has 3 heteroatoms. The van der Waals surface area contributed by atoms with Gasteiger partial charge in [0.1, 0.15) is 5.75 Å². The van der Waals surface area contributed by atoms with Crippen LogP contribution in [-0.4, -0.2) is 12.5 Å². The summed E-state index contributed by atoms with van der Waals surface area (Å²) in [6.45, 7) is 3.87. The fraction of sp³-hybridized carbons (Fsp3) is 0.300. The van der Waals surface area contributed by atoms with Crippen LogP contribution in [0.2, 0.25) is 0 Å². The van der Waals surface area contributed by atoms with E-state index in [-0.39, 0.29) is 6.61 Å². The molecule has 0 aliphatic heterocycles. The van der Waals surface area contributed by atoms with Crippen LogP contribution < -0.4 is 10.5 Å². The molecule has 0 spiro atoms. The SMILES string of the molecule is Cc1ccc(OCC(N)=O)c(C)c1. The molecule has 1 amide bonds. The number of aryl methyl sites for hydroxylation is 2. The minimum Gasteiger partial charge on any atom is -0.484 e. The third kappa shape index (κ3) is 2.78. The van der Waals surface area contributed by atoms with Crippen molar-refractivity contribution in [2.24, 2.45) is 5.73 Å². The Morgan fingerprint density at radius 2 is 2.15 bits per heavy atom.